The molecule has 0 aliphatic carbocycles. The molecule has 0 unspecified atom stereocenters. The monoisotopic (exact) mass is 359 g/mol. The maximum atomic E-state index is 11.8. The van der Waals surface area contributed by atoms with Gasteiger partial charge < -0.3 is 14.8 Å². The summed E-state index contributed by atoms with van der Waals surface area (Å²) in [6, 6.07) is 15.0. The van der Waals surface area contributed by atoms with Crippen molar-refractivity contribution in [1.29, 1.82) is 0 Å². The van der Waals surface area contributed by atoms with Gasteiger partial charge in [-0.3, -0.25) is 9.59 Å². The van der Waals surface area contributed by atoms with Crippen LogP contribution in [0.25, 0.3) is 0 Å². The average Bonchev–Trinajstić information content (AvgIpc) is 2.62. The van der Waals surface area contributed by atoms with Gasteiger partial charge in [-0.25, -0.2) is 0 Å². The van der Waals surface area contributed by atoms with Gasteiger partial charge >= 0.3 is 5.97 Å². The Morgan fingerprint density at radius 2 is 1.80 bits per heavy atom. The van der Waals surface area contributed by atoms with Crippen LogP contribution in [0.1, 0.15) is 12.0 Å². The van der Waals surface area contributed by atoms with Crippen LogP contribution in [0.4, 0.5) is 5.69 Å². The Hall–Kier alpha value is -2.47. The molecule has 2 rings (SSSR count). The highest BCUT2D eigenvalue weighted by Crippen LogP contribution is 2.17. The van der Waals surface area contributed by atoms with E-state index >= 15 is 0 Å². The molecule has 0 fully saturated rings. The number of aryl methyl sites for hydroxylation is 1. The quantitative estimate of drug-likeness (QED) is 0.575. The topological polar surface area (TPSA) is 64.6 Å². The van der Waals surface area contributed by atoms with Crippen LogP contribution in [-0.2, 0) is 14.3 Å². The Morgan fingerprint density at radius 3 is 2.48 bits per heavy atom. The summed E-state index contributed by atoms with van der Waals surface area (Å²) in [5.41, 5.74) is 1.67. The van der Waals surface area contributed by atoms with Gasteiger partial charge in [-0.15, -0.1) is 11.8 Å². The number of nitrogens with one attached hydrogen (secondary N) is 1. The second-order valence-corrected chi connectivity index (χ2v) is 6.18. The molecule has 0 saturated carbocycles. The van der Waals surface area contributed by atoms with Crippen molar-refractivity contribution in [1.82, 2.24) is 0 Å². The van der Waals surface area contributed by atoms with E-state index in [1.807, 2.05) is 61.7 Å². The Bertz CT molecular complexity index is 716. The van der Waals surface area contributed by atoms with Crippen molar-refractivity contribution in [2.24, 2.45) is 0 Å². The van der Waals surface area contributed by atoms with E-state index in [-0.39, 0.29) is 25.5 Å². The van der Waals surface area contributed by atoms with Crippen LogP contribution in [-0.4, -0.2) is 31.3 Å². The molecule has 5 nitrogen and oxygen atoms in total. The lowest BCUT2D eigenvalue weighted by Crippen LogP contribution is -2.21. The summed E-state index contributed by atoms with van der Waals surface area (Å²) in [6.45, 7) is 1.83. The maximum absolute atomic E-state index is 11.8. The minimum Gasteiger partial charge on any atom is -0.493 e. The predicted molar refractivity (Wildman–Crippen MR) is 99.1 cm³/mol. The van der Waals surface area contributed by atoms with Gasteiger partial charge in [-0.1, -0.05) is 18.2 Å². The second kappa shape index (κ2) is 9.74. The molecule has 132 valence electrons. The molecule has 0 atom stereocenters. The Kier molecular flexibility index (Phi) is 7.35. The van der Waals surface area contributed by atoms with Crippen LogP contribution in [0, 0.1) is 6.92 Å². The number of hydrogen-bond acceptors (Lipinski definition) is 5. The number of ether oxygens (including phenoxy) is 2. The molecular formula is C19H21NO4S. The highest BCUT2D eigenvalue weighted by atomic mass is 32.2. The Morgan fingerprint density at radius 1 is 1.08 bits per heavy atom. The fraction of sp³-hybridized carbons (Fsp3) is 0.263. The number of amides is 1. The number of hydrogen-bond donors (Lipinski definition) is 1. The molecule has 6 heteroatoms. The number of thioether (sulfide) groups is 1. The van der Waals surface area contributed by atoms with E-state index in [9.17, 15) is 9.59 Å². The lowest BCUT2D eigenvalue weighted by Gasteiger charge is -2.09. The summed E-state index contributed by atoms with van der Waals surface area (Å²) in [4.78, 5) is 24.6. The number of benzene rings is 2. The van der Waals surface area contributed by atoms with Crippen LogP contribution in [0.5, 0.6) is 5.75 Å². The van der Waals surface area contributed by atoms with Crippen LogP contribution in [0.15, 0.2) is 53.4 Å². The molecule has 0 radical (unpaired) electrons. The number of esters is 1. The minimum atomic E-state index is -0.471. The molecule has 0 spiro atoms. The fourth-order valence-electron chi connectivity index (χ4n) is 2.05. The number of para-hydroxylation sites is 1. The Balaban J connectivity index is 1.66. The molecule has 0 heterocycles. The van der Waals surface area contributed by atoms with E-state index in [0.717, 1.165) is 16.2 Å². The molecule has 0 aromatic heterocycles. The van der Waals surface area contributed by atoms with Crippen LogP contribution in [0.3, 0.4) is 0 Å². The Labute approximate surface area is 151 Å². The van der Waals surface area contributed by atoms with Gasteiger partial charge in [0, 0.05) is 10.6 Å². The minimum absolute atomic E-state index is 0.0873. The SMILES string of the molecule is CSc1ccc(NC(=O)COC(=O)CCOc2ccccc2C)cc1. The molecule has 0 saturated heterocycles. The van der Waals surface area contributed by atoms with Gasteiger partial charge in [0.05, 0.1) is 13.0 Å². The van der Waals surface area contributed by atoms with Gasteiger partial charge in [0.25, 0.3) is 5.91 Å². The van der Waals surface area contributed by atoms with E-state index in [1.165, 1.54) is 0 Å². The summed E-state index contributed by atoms with van der Waals surface area (Å²) >= 11 is 1.62. The summed E-state index contributed by atoms with van der Waals surface area (Å²) < 4.78 is 10.5. The lowest BCUT2D eigenvalue weighted by atomic mass is 10.2. The first-order valence-corrected chi connectivity index (χ1v) is 9.09. The molecular weight excluding hydrogens is 338 g/mol. The van der Waals surface area contributed by atoms with Gasteiger partial charge in [0.2, 0.25) is 0 Å². The first-order chi connectivity index (χ1) is 12.1. The number of rotatable bonds is 8. The number of anilines is 1. The molecule has 1 amide bonds. The number of carbonyl (C=O) groups excluding carboxylic acids is 2. The van der Waals surface area contributed by atoms with E-state index < -0.39 is 5.97 Å². The smallest absolute Gasteiger partial charge is 0.309 e. The predicted octanol–water partition coefficient (Wildman–Crippen LogP) is 3.67. The van der Waals surface area contributed by atoms with Gasteiger partial charge in [0.15, 0.2) is 6.61 Å². The first-order valence-electron chi connectivity index (χ1n) is 7.86. The normalized spacial score (nSPS) is 10.2. The molecule has 0 aliphatic heterocycles. The van der Waals surface area contributed by atoms with Crippen LogP contribution >= 0.6 is 11.8 Å². The van der Waals surface area contributed by atoms with Gasteiger partial charge in [0.1, 0.15) is 5.75 Å². The third-order valence-corrected chi connectivity index (χ3v) is 4.14. The summed E-state index contributed by atoms with van der Waals surface area (Å²) in [7, 11) is 0. The second-order valence-electron chi connectivity index (χ2n) is 5.30. The molecule has 1 N–H and O–H groups in total. The highest BCUT2D eigenvalue weighted by Gasteiger charge is 2.09. The van der Waals surface area contributed by atoms with Crippen molar-refractivity contribution in [2.75, 3.05) is 24.8 Å². The first kappa shape index (κ1) is 18.9. The lowest BCUT2D eigenvalue weighted by molar-refractivity contribution is -0.147. The standard InChI is InChI=1S/C19H21NO4S/c1-14-5-3-4-6-17(14)23-12-11-19(22)24-13-18(21)20-15-7-9-16(25-2)10-8-15/h3-10H,11-13H2,1-2H3,(H,20,21). The highest BCUT2D eigenvalue weighted by molar-refractivity contribution is 7.98. The number of carbonyl (C=O) groups is 2. The largest absolute Gasteiger partial charge is 0.493 e. The summed E-state index contributed by atoms with van der Waals surface area (Å²) in [5.74, 6) is -0.103. The molecule has 0 bridgehead atoms. The molecule has 2 aromatic rings. The van der Waals surface area contributed by atoms with Crippen molar-refractivity contribution in [3.8, 4) is 5.75 Å². The summed E-state index contributed by atoms with van der Waals surface area (Å²) in [6.07, 6.45) is 2.07. The zero-order valence-electron chi connectivity index (χ0n) is 14.3. The van der Waals surface area contributed by atoms with E-state index in [4.69, 9.17) is 9.47 Å². The average molecular weight is 359 g/mol. The van der Waals surface area contributed by atoms with Crippen molar-refractivity contribution >= 4 is 29.3 Å². The van der Waals surface area contributed by atoms with Crippen molar-refractivity contribution < 1.29 is 19.1 Å². The van der Waals surface area contributed by atoms with Gasteiger partial charge in [-0.05, 0) is 49.1 Å². The van der Waals surface area contributed by atoms with Crippen molar-refractivity contribution in [2.45, 2.75) is 18.2 Å². The fourth-order valence-corrected chi connectivity index (χ4v) is 2.46. The zero-order valence-corrected chi connectivity index (χ0v) is 15.1. The molecule has 2 aromatic carbocycles. The third-order valence-electron chi connectivity index (χ3n) is 3.40. The van der Waals surface area contributed by atoms with E-state index in [2.05, 4.69) is 5.32 Å². The van der Waals surface area contributed by atoms with Crippen molar-refractivity contribution in [3.05, 3.63) is 54.1 Å². The van der Waals surface area contributed by atoms with E-state index in [1.54, 1.807) is 11.8 Å². The van der Waals surface area contributed by atoms with Crippen LogP contribution in [0.2, 0.25) is 0 Å². The summed E-state index contributed by atoms with van der Waals surface area (Å²) in [5, 5.41) is 2.68. The molecule has 0 aliphatic rings. The zero-order chi connectivity index (χ0) is 18.1. The van der Waals surface area contributed by atoms with Gasteiger partial charge in [-0.2, -0.15) is 0 Å². The third kappa shape index (κ3) is 6.51. The molecule has 25 heavy (non-hydrogen) atoms. The van der Waals surface area contributed by atoms with E-state index in [0.29, 0.717) is 5.69 Å². The maximum Gasteiger partial charge on any atom is 0.309 e. The van der Waals surface area contributed by atoms with Crippen LogP contribution < -0.4 is 10.1 Å². The van der Waals surface area contributed by atoms with Crippen molar-refractivity contribution in [3.63, 3.8) is 0 Å².